The van der Waals surface area contributed by atoms with Crippen LogP contribution in [0.3, 0.4) is 0 Å². The van der Waals surface area contributed by atoms with Crippen molar-refractivity contribution >= 4 is 29.4 Å². The lowest BCUT2D eigenvalue weighted by atomic mass is 9.95. The topological polar surface area (TPSA) is 214 Å². The minimum Gasteiger partial charge on any atom is -0.493 e. The largest absolute Gasteiger partial charge is 0.493 e. The summed E-state index contributed by atoms with van der Waals surface area (Å²) >= 11 is 0. The third-order valence-electron chi connectivity index (χ3n) is 8.93. The van der Waals surface area contributed by atoms with Gasteiger partial charge in [0.2, 0.25) is 29.2 Å². The van der Waals surface area contributed by atoms with E-state index in [0.717, 1.165) is 0 Å². The molecule has 3 amide bonds. The Labute approximate surface area is 313 Å². The van der Waals surface area contributed by atoms with Crippen molar-refractivity contribution in [2.75, 3.05) is 35.4 Å². The Morgan fingerprint density at radius 2 is 1.70 bits per heavy atom. The molecule has 0 spiro atoms. The maximum Gasteiger partial charge on any atom is 0.325 e. The van der Waals surface area contributed by atoms with Crippen LogP contribution in [0.2, 0.25) is 0 Å². The second-order valence-electron chi connectivity index (χ2n) is 13.6. The van der Waals surface area contributed by atoms with Gasteiger partial charge in [-0.1, -0.05) is 50.2 Å². The molecule has 0 saturated heterocycles. The average molecular weight is 749 g/mol. The number of methoxy groups -OCH3 is 3. The summed E-state index contributed by atoms with van der Waals surface area (Å²) < 4.78 is 22.5. The van der Waals surface area contributed by atoms with Crippen LogP contribution in [0.15, 0.2) is 60.7 Å². The van der Waals surface area contributed by atoms with E-state index in [1.165, 1.54) is 51.7 Å². The molecule has 4 bridgehead atoms. The number of nitrogens with one attached hydrogen (secondary N) is 3. The van der Waals surface area contributed by atoms with E-state index in [2.05, 4.69) is 16.0 Å². The Morgan fingerprint density at radius 1 is 1.00 bits per heavy atom. The molecule has 0 radical (unpaired) electrons. The first kappa shape index (κ1) is 41.0. The van der Waals surface area contributed by atoms with Crippen molar-refractivity contribution in [1.29, 1.82) is 0 Å². The number of hydrogen-bond acceptors (Lipinski definition) is 12. The Kier molecular flexibility index (Phi) is 13.9. The molecule has 290 valence electrons. The summed E-state index contributed by atoms with van der Waals surface area (Å²) in [6.07, 6.45) is 0.150. The van der Waals surface area contributed by atoms with Crippen molar-refractivity contribution in [3.8, 4) is 23.0 Å². The number of carbonyl (C=O) groups excluding carboxylic acids is 4. The lowest BCUT2D eigenvalue weighted by molar-refractivity contribution is -0.385. The van der Waals surface area contributed by atoms with Crippen molar-refractivity contribution in [2.24, 2.45) is 11.7 Å². The Morgan fingerprint density at radius 3 is 2.30 bits per heavy atom. The molecular formula is C38H48N6O10. The number of fused-ring (bicyclic) bond motifs is 9. The number of ether oxygens (including phenoxy) is 4. The lowest BCUT2D eigenvalue weighted by Gasteiger charge is -2.33. The highest BCUT2D eigenvalue weighted by Crippen LogP contribution is 2.44. The van der Waals surface area contributed by atoms with E-state index < -0.39 is 64.5 Å². The fourth-order valence-electron chi connectivity index (χ4n) is 6.28. The van der Waals surface area contributed by atoms with Gasteiger partial charge in [-0.25, -0.2) is 0 Å². The summed E-state index contributed by atoms with van der Waals surface area (Å²) in [6, 6.07) is 10.3. The van der Waals surface area contributed by atoms with Gasteiger partial charge >= 0.3 is 11.7 Å². The first-order valence-electron chi connectivity index (χ1n) is 17.3. The standard InChI is InChI=1S/C38H48N6O10/c1-21(2)15-25(39)35(45)40-27-17-23-13-14-29(28(18-23)44(49)50)54-31-20-24(19-30(51-5)34(31)52-6)32(33(43(3)4)38(48)53-7)42-37(47)26(41-36(27)46)16-22-11-9-8-10-12-22/h8-14,18-21,25-27,32-33H,15-17,39H2,1-7H3,(H,40,45)(H,41,46)(H,42,47)/t25-,26+,27-,32-,33-/m1/s1. The van der Waals surface area contributed by atoms with Gasteiger partial charge in [-0.15, -0.1) is 0 Å². The molecule has 3 aromatic rings. The highest BCUT2D eigenvalue weighted by Gasteiger charge is 2.38. The predicted molar refractivity (Wildman–Crippen MR) is 198 cm³/mol. The number of hydrogen-bond donors (Lipinski definition) is 4. The van der Waals surface area contributed by atoms with Crippen LogP contribution in [0, 0.1) is 16.0 Å². The van der Waals surface area contributed by atoms with Gasteiger partial charge in [0.05, 0.1) is 38.3 Å². The van der Waals surface area contributed by atoms with E-state index in [0.29, 0.717) is 17.5 Å². The molecule has 54 heavy (non-hydrogen) atoms. The molecule has 0 unspecified atom stereocenters. The third-order valence-corrected chi connectivity index (χ3v) is 8.93. The highest BCUT2D eigenvalue weighted by molar-refractivity contribution is 5.94. The van der Waals surface area contributed by atoms with Crippen LogP contribution < -0.4 is 35.9 Å². The van der Waals surface area contributed by atoms with Crippen LogP contribution >= 0.6 is 0 Å². The van der Waals surface area contributed by atoms with Gasteiger partial charge < -0.3 is 40.6 Å². The SMILES string of the molecule is COC(=O)[C@@H]([C@@H]1NC(=O)[C@H](Cc2ccccc2)NC(=O)[C@H](NC(=O)[C@H](N)CC(C)C)Cc2ccc(c([N+](=O)[O-])c2)Oc2cc1cc(OC)c2OC)N(C)C. The number of amides is 3. The summed E-state index contributed by atoms with van der Waals surface area (Å²) in [7, 11) is 7.19. The van der Waals surface area contributed by atoms with E-state index in [1.54, 1.807) is 43.3 Å². The van der Waals surface area contributed by atoms with E-state index in [4.69, 9.17) is 24.7 Å². The molecule has 16 heteroatoms. The first-order valence-corrected chi connectivity index (χ1v) is 17.3. The van der Waals surface area contributed by atoms with Gasteiger partial charge in [-0.2, -0.15) is 0 Å². The zero-order valence-electron chi connectivity index (χ0n) is 31.4. The van der Waals surface area contributed by atoms with Crippen LogP contribution in [0.1, 0.15) is 43.0 Å². The van der Waals surface area contributed by atoms with Crippen LogP contribution in [-0.2, 0) is 36.8 Å². The van der Waals surface area contributed by atoms with Gasteiger partial charge in [0, 0.05) is 18.9 Å². The second kappa shape index (κ2) is 18.3. The van der Waals surface area contributed by atoms with Crippen molar-refractivity contribution in [1.82, 2.24) is 20.9 Å². The number of rotatable bonds is 12. The van der Waals surface area contributed by atoms with E-state index >= 15 is 0 Å². The fourth-order valence-corrected chi connectivity index (χ4v) is 6.28. The molecule has 2 aliphatic rings. The van der Waals surface area contributed by atoms with Crippen molar-refractivity contribution in [2.45, 2.75) is 63.3 Å². The van der Waals surface area contributed by atoms with Crippen molar-refractivity contribution < 1.29 is 43.0 Å². The van der Waals surface area contributed by atoms with Crippen LogP contribution in [-0.4, -0.2) is 93.1 Å². The Balaban J connectivity index is 1.98. The molecule has 0 fully saturated rings. The summed E-state index contributed by atoms with van der Waals surface area (Å²) in [5.74, 6) is -2.63. The summed E-state index contributed by atoms with van der Waals surface area (Å²) in [4.78, 5) is 68.7. The zero-order chi connectivity index (χ0) is 39.7. The fraction of sp³-hybridized carbons (Fsp3) is 0.421. The molecule has 2 heterocycles. The average Bonchev–Trinajstić information content (AvgIpc) is 3.13. The number of benzene rings is 3. The number of esters is 1. The van der Waals surface area contributed by atoms with Crippen molar-refractivity contribution in [3.05, 3.63) is 87.5 Å². The Bertz CT molecular complexity index is 1840. The molecule has 16 nitrogen and oxygen atoms in total. The maximum absolute atomic E-state index is 14.5. The molecular weight excluding hydrogens is 700 g/mol. The van der Waals surface area contributed by atoms with Crippen LogP contribution in [0.25, 0.3) is 0 Å². The summed E-state index contributed by atoms with van der Waals surface area (Å²) in [5, 5.41) is 20.9. The minimum atomic E-state index is -1.31. The van der Waals surface area contributed by atoms with Gasteiger partial charge in [0.25, 0.3) is 0 Å². The zero-order valence-corrected chi connectivity index (χ0v) is 31.4. The number of nitro groups is 1. The number of carbonyl (C=O) groups is 4. The van der Waals surface area contributed by atoms with E-state index in [1.807, 2.05) is 19.9 Å². The minimum absolute atomic E-state index is 0.0178. The number of likely N-dealkylation sites (N-methyl/N-ethyl adjacent to an activating group) is 1. The predicted octanol–water partition coefficient (Wildman–Crippen LogP) is 2.81. The third kappa shape index (κ3) is 10.0. The molecule has 0 saturated carbocycles. The van der Waals surface area contributed by atoms with Gasteiger partial charge in [0.15, 0.2) is 11.5 Å². The van der Waals surface area contributed by atoms with Gasteiger partial charge in [-0.3, -0.25) is 34.2 Å². The quantitative estimate of drug-likeness (QED) is 0.120. The van der Waals surface area contributed by atoms with Crippen molar-refractivity contribution in [3.63, 3.8) is 0 Å². The summed E-state index contributed by atoms with van der Waals surface area (Å²) in [5.41, 5.74) is 7.03. The molecule has 5 N–H and O–H groups in total. The molecule has 5 rings (SSSR count). The molecule has 3 aromatic carbocycles. The lowest BCUT2D eigenvalue weighted by Crippen LogP contribution is -2.58. The smallest absolute Gasteiger partial charge is 0.325 e. The molecule has 5 atom stereocenters. The number of nitro benzene ring substituents is 1. The normalized spacial score (nSPS) is 18.5. The molecule has 2 aliphatic heterocycles. The Hall–Kier alpha value is -5.74. The molecule has 0 aliphatic carbocycles. The van der Waals surface area contributed by atoms with Gasteiger partial charge in [-0.05, 0) is 61.3 Å². The monoisotopic (exact) mass is 748 g/mol. The van der Waals surface area contributed by atoms with Crippen LogP contribution in [0.4, 0.5) is 5.69 Å². The first-order chi connectivity index (χ1) is 25.7. The van der Waals surface area contributed by atoms with E-state index in [-0.39, 0.29) is 47.3 Å². The number of nitrogens with two attached hydrogens (primary N) is 1. The maximum atomic E-state index is 14.5. The number of nitrogens with zero attached hydrogens (tertiary/aromatic N) is 2. The second-order valence-corrected chi connectivity index (χ2v) is 13.6. The molecule has 0 aromatic heterocycles. The summed E-state index contributed by atoms with van der Waals surface area (Å²) in [6.45, 7) is 3.80. The van der Waals surface area contributed by atoms with Gasteiger partial charge in [0.1, 0.15) is 18.1 Å². The van der Waals surface area contributed by atoms with Crippen LogP contribution in [0.5, 0.6) is 23.0 Å². The highest BCUT2D eigenvalue weighted by atomic mass is 16.6. The van der Waals surface area contributed by atoms with E-state index in [9.17, 15) is 29.3 Å².